The SMILES string of the molecule is CN(CCO)S(=O)(=O)c1ccccc1CNCC1CCCCC1. The van der Waals surface area contributed by atoms with Gasteiger partial charge in [-0.2, -0.15) is 4.31 Å². The Morgan fingerprint density at radius 2 is 1.91 bits per heavy atom. The quantitative estimate of drug-likeness (QED) is 0.759. The summed E-state index contributed by atoms with van der Waals surface area (Å²) in [7, 11) is -2.06. The van der Waals surface area contributed by atoms with Crippen LogP contribution in [0.3, 0.4) is 0 Å². The molecule has 0 saturated heterocycles. The third kappa shape index (κ3) is 5.01. The summed E-state index contributed by atoms with van der Waals surface area (Å²) >= 11 is 0. The molecule has 1 aromatic carbocycles. The maximum Gasteiger partial charge on any atom is 0.243 e. The minimum atomic E-state index is -3.55. The molecule has 1 saturated carbocycles. The molecule has 0 heterocycles. The zero-order valence-corrected chi connectivity index (χ0v) is 14.7. The van der Waals surface area contributed by atoms with Gasteiger partial charge in [-0.25, -0.2) is 8.42 Å². The standard InChI is InChI=1S/C17H28N2O3S/c1-19(11-12-20)23(21,22)17-10-6-5-9-16(17)14-18-13-15-7-3-2-4-8-15/h5-6,9-10,15,18,20H,2-4,7-8,11-14H2,1H3. The van der Waals surface area contributed by atoms with E-state index >= 15 is 0 Å². The lowest BCUT2D eigenvalue weighted by molar-refractivity contribution is 0.266. The molecule has 0 amide bonds. The molecule has 2 rings (SSSR count). The predicted molar refractivity (Wildman–Crippen MR) is 91.6 cm³/mol. The number of hydrogen-bond donors (Lipinski definition) is 2. The Hall–Kier alpha value is -0.950. The van der Waals surface area contributed by atoms with Gasteiger partial charge in [0.15, 0.2) is 0 Å². The number of nitrogens with zero attached hydrogens (tertiary/aromatic N) is 1. The minimum Gasteiger partial charge on any atom is -0.395 e. The van der Waals surface area contributed by atoms with Crippen molar-refractivity contribution < 1.29 is 13.5 Å². The Bertz CT molecular complexity index is 583. The lowest BCUT2D eigenvalue weighted by Gasteiger charge is -2.22. The highest BCUT2D eigenvalue weighted by atomic mass is 32.2. The molecule has 0 bridgehead atoms. The number of likely N-dealkylation sites (N-methyl/N-ethyl adjacent to an activating group) is 1. The Balaban J connectivity index is 2.02. The molecule has 1 aliphatic rings. The number of sulfonamides is 1. The van der Waals surface area contributed by atoms with Gasteiger partial charge in [0.1, 0.15) is 0 Å². The minimum absolute atomic E-state index is 0.103. The third-order valence-corrected chi connectivity index (χ3v) is 6.51. The van der Waals surface area contributed by atoms with Gasteiger partial charge >= 0.3 is 0 Å². The van der Waals surface area contributed by atoms with E-state index in [1.165, 1.54) is 43.5 Å². The maximum atomic E-state index is 12.6. The first-order chi connectivity index (χ1) is 11.1. The molecule has 0 aromatic heterocycles. The van der Waals surface area contributed by atoms with Gasteiger partial charge < -0.3 is 10.4 Å². The molecule has 0 spiro atoms. The van der Waals surface area contributed by atoms with E-state index in [0.717, 1.165) is 12.1 Å². The van der Waals surface area contributed by atoms with Crippen LogP contribution >= 0.6 is 0 Å². The van der Waals surface area contributed by atoms with Crippen LogP contribution in [0, 0.1) is 5.92 Å². The van der Waals surface area contributed by atoms with Gasteiger partial charge in [-0.3, -0.25) is 0 Å². The zero-order chi connectivity index (χ0) is 16.7. The van der Waals surface area contributed by atoms with Crippen molar-refractivity contribution in [1.82, 2.24) is 9.62 Å². The highest BCUT2D eigenvalue weighted by Crippen LogP contribution is 2.23. The number of benzene rings is 1. The molecule has 1 fully saturated rings. The second kappa shape index (κ2) is 8.78. The van der Waals surface area contributed by atoms with Crippen LogP contribution in [0.15, 0.2) is 29.2 Å². The maximum absolute atomic E-state index is 12.6. The summed E-state index contributed by atoms with van der Waals surface area (Å²) in [4.78, 5) is 0.326. The van der Waals surface area contributed by atoms with Crippen molar-refractivity contribution in [2.75, 3.05) is 26.7 Å². The molecule has 0 radical (unpaired) electrons. The van der Waals surface area contributed by atoms with Crippen LogP contribution in [0.5, 0.6) is 0 Å². The van der Waals surface area contributed by atoms with Gasteiger partial charge in [-0.1, -0.05) is 37.5 Å². The van der Waals surface area contributed by atoms with Gasteiger partial charge in [0.05, 0.1) is 11.5 Å². The molecular formula is C17H28N2O3S. The van der Waals surface area contributed by atoms with Crippen LogP contribution in [-0.4, -0.2) is 44.6 Å². The van der Waals surface area contributed by atoms with Gasteiger partial charge in [-0.05, 0) is 36.9 Å². The van der Waals surface area contributed by atoms with E-state index in [4.69, 9.17) is 5.11 Å². The summed E-state index contributed by atoms with van der Waals surface area (Å²) in [5.74, 6) is 0.713. The van der Waals surface area contributed by atoms with E-state index < -0.39 is 10.0 Å². The van der Waals surface area contributed by atoms with Gasteiger partial charge in [0, 0.05) is 20.1 Å². The smallest absolute Gasteiger partial charge is 0.243 e. The molecule has 1 aliphatic carbocycles. The van der Waals surface area contributed by atoms with Crippen molar-refractivity contribution in [3.63, 3.8) is 0 Å². The largest absolute Gasteiger partial charge is 0.395 e. The number of aliphatic hydroxyl groups is 1. The second-order valence-electron chi connectivity index (χ2n) is 6.29. The molecule has 5 nitrogen and oxygen atoms in total. The van der Waals surface area contributed by atoms with E-state index in [2.05, 4.69) is 5.32 Å². The van der Waals surface area contributed by atoms with Crippen LogP contribution in [0.1, 0.15) is 37.7 Å². The highest BCUT2D eigenvalue weighted by Gasteiger charge is 2.23. The van der Waals surface area contributed by atoms with Crippen LogP contribution in [0.2, 0.25) is 0 Å². The van der Waals surface area contributed by atoms with Crippen LogP contribution in [0.4, 0.5) is 0 Å². The van der Waals surface area contributed by atoms with Crippen molar-refractivity contribution in [3.05, 3.63) is 29.8 Å². The van der Waals surface area contributed by atoms with E-state index in [1.54, 1.807) is 12.1 Å². The monoisotopic (exact) mass is 340 g/mol. The van der Waals surface area contributed by atoms with Crippen molar-refractivity contribution in [2.45, 2.75) is 43.5 Å². The molecule has 0 unspecified atom stereocenters. The van der Waals surface area contributed by atoms with Crippen molar-refractivity contribution in [1.29, 1.82) is 0 Å². The van der Waals surface area contributed by atoms with E-state index in [-0.39, 0.29) is 13.2 Å². The first-order valence-electron chi connectivity index (χ1n) is 8.41. The summed E-state index contributed by atoms with van der Waals surface area (Å²) in [5.41, 5.74) is 0.785. The number of nitrogens with one attached hydrogen (secondary N) is 1. The Morgan fingerprint density at radius 1 is 1.22 bits per heavy atom. The third-order valence-electron chi connectivity index (χ3n) is 4.55. The summed E-state index contributed by atoms with van der Waals surface area (Å²) < 4.78 is 26.4. The fourth-order valence-corrected chi connectivity index (χ4v) is 4.51. The molecular weight excluding hydrogens is 312 g/mol. The second-order valence-corrected chi connectivity index (χ2v) is 8.31. The normalized spacial score (nSPS) is 16.8. The van der Waals surface area contributed by atoms with Gasteiger partial charge in [-0.15, -0.1) is 0 Å². The molecule has 23 heavy (non-hydrogen) atoms. The molecule has 0 aliphatic heterocycles. The molecule has 130 valence electrons. The molecule has 2 N–H and O–H groups in total. The number of aliphatic hydroxyl groups excluding tert-OH is 1. The first-order valence-corrected chi connectivity index (χ1v) is 9.85. The fourth-order valence-electron chi connectivity index (χ4n) is 3.13. The summed E-state index contributed by atoms with van der Waals surface area (Å²) in [6, 6.07) is 7.10. The molecule has 6 heteroatoms. The van der Waals surface area contributed by atoms with Gasteiger partial charge in [0.25, 0.3) is 0 Å². The van der Waals surface area contributed by atoms with Crippen LogP contribution < -0.4 is 5.32 Å². The van der Waals surface area contributed by atoms with Crippen molar-refractivity contribution in [3.8, 4) is 0 Å². The molecule has 1 aromatic rings. The zero-order valence-electron chi connectivity index (χ0n) is 13.9. The first kappa shape index (κ1) is 18.4. The fraction of sp³-hybridized carbons (Fsp3) is 0.647. The lowest BCUT2D eigenvalue weighted by Crippen LogP contribution is -2.31. The lowest BCUT2D eigenvalue weighted by atomic mass is 9.89. The summed E-state index contributed by atoms with van der Waals surface area (Å²) in [5, 5.41) is 12.4. The number of rotatable bonds is 8. The summed E-state index contributed by atoms with van der Waals surface area (Å²) in [6.45, 7) is 1.42. The van der Waals surface area contributed by atoms with Crippen molar-refractivity contribution >= 4 is 10.0 Å². The topological polar surface area (TPSA) is 69.6 Å². The highest BCUT2D eigenvalue weighted by molar-refractivity contribution is 7.89. The number of hydrogen-bond acceptors (Lipinski definition) is 4. The molecule has 0 atom stereocenters. The van der Waals surface area contributed by atoms with Crippen LogP contribution in [0.25, 0.3) is 0 Å². The van der Waals surface area contributed by atoms with E-state index in [0.29, 0.717) is 17.4 Å². The average Bonchev–Trinajstić information content (AvgIpc) is 2.56. The predicted octanol–water partition coefficient (Wildman–Crippen LogP) is 1.97. The Kier molecular flexibility index (Phi) is 7.02. The Morgan fingerprint density at radius 3 is 2.61 bits per heavy atom. The van der Waals surface area contributed by atoms with Crippen LogP contribution in [-0.2, 0) is 16.6 Å². The van der Waals surface area contributed by atoms with Crippen molar-refractivity contribution in [2.24, 2.45) is 5.92 Å². The average molecular weight is 340 g/mol. The Labute approximate surface area is 139 Å². The van der Waals surface area contributed by atoms with E-state index in [9.17, 15) is 8.42 Å². The van der Waals surface area contributed by atoms with Gasteiger partial charge in [0.2, 0.25) is 10.0 Å². The summed E-state index contributed by atoms with van der Waals surface area (Å²) in [6.07, 6.45) is 6.50. The van der Waals surface area contributed by atoms with E-state index in [1.807, 2.05) is 12.1 Å².